The Balaban J connectivity index is 1.86. The summed E-state index contributed by atoms with van der Waals surface area (Å²) in [5.41, 5.74) is 7.34. The lowest BCUT2D eigenvalue weighted by atomic mass is 10.0. The SMILES string of the molecule is Cc1cc(-c2c(-c3ccccc3)nc(Cl)n3cc(-c4ccccc4)nc23)ccn1. The molecule has 0 radical (unpaired) electrons. The molecule has 29 heavy (non-hydrogen) atoms. The fourth-order valence-electron chi connectivity index (χ4n) is 3.52. The molecule has 3 heterocycles. The number of hydrogen-bond donors (Lipinski definition) is 0. The smallest absolute Gasteiger partial charge is 0.209 e. The molecule has 0 unspecified atom stereocenters. The molecule has 3 aromatic heterocycles. The average molecular weight is 397 g/mol. The first-order valence-corrected chi connectivity index (χ1v) is 9.71. The van der Waals surface area contributed by atoms with Crippen LogP contribution in [0.25, 0.3) is 39.3 Å². The molecular weight excluding hydrogens is 380 g/mol. The number of rotatable bonds is 3. The van der Waals surface area contributed by atoms with E-state index < -0.39 is 0 Å². The van der Waals surface area contributed by atoms with E-state index in [2.05, 4.69) is 4.98 Å². The third-order valence-corrected chi connectivity index (χ3v) is 5.14. The van der Waals surface area contributed by atoms with Crippen molar-refractivity contribution in [2.75, 3.05) is 0 Å². The summed E-state index contributed by atoms with van der Waals surface area (Å²) in [5.74, 6) is 0. The van der Waals surface area contributed by atoms with E-state index in [1.54, 1.807) is 0 Å². The van der Waals surface area contributed by atoms with Gasteiger partial charge < -0.3 is 0 Å². The second-order valence-electron chi connectivity index (χ2n) is 6.84. The number of benzene rings is 2. The molecule has 0 bridgehead atoms. The lowest BCUT2D eigenvalue weighted by molar-refractivity contribution is 1.09. The Kier molecular flexibility index (Phi) is 4.34. The molecule has 5 rings (SSSR count). The van der Waals surface area contributed by atoms with E-state index in [1.165, 1.54) is 0 Å². The van der Waals surface area contributed by atoms with Gasteiger partial charge >= 0.3 is 0 Å². The highest BCUT2D eigenvalue weighted by molar-refractivity contribution is 6.29. The van der Waals surface area contributed by atoms with Gasteiger partial charge in [0.05, 0.1) is 17.0 Å². The summed E-state index contributed by atoms with van der Waals surface area (Å²) in [6.07, 6.45) is 3.75. The zero-order valence-electron chi connectivity index (χ0n) is 15.7. The molecule has 0 saturated carbocycles. The molecule has 0 aliphatic rings. The van der Waals surface area contributed by atoms with Gasteiger partial charge in [-0.25, -0.2) is 9.97 Å². The molecule has 0 amide bonds. The highest BCUT2D eigenvalue weighted by Gasteiger charge is 2.19. The first-order valence-electron chi connectivity index (χ1n) is 9.33. The highest BCUT2D eigenvalue weighted by Crippen LogP contribution is 2.36. The molecule has 0 aliphatic heterocycles. The first kappa shape index (κ1) is 17.6. The normalized spacial score (nSPS) is 11.1. The minimum Gasteiger partial charge on any atom is -0.273 e. The number of imidazole rings is 1. The molecule has 5 aromatic rings. The van der Waals surface area contributed by atoms with Crippen LogP contribution in [-0.4, -0.2) is 19.4 Å². The van der Waals surface area contributed by atoms with E-state index in [0.717, 1.165) is 45.0 Å². The monoisotopic (exact) mass is 396 g/mol. The van der Waals surface area contributed by atoms with E-state index in [-0.39, 0.29) is 0 Å². The minimum absolute atomic E-state index is 0.378. The topological polar surface area (TPSA) is 43.1 Å². The second kappa shape index (κ2) is 7.15. The molecule has 2 aromatic carbocycles. The van der Waals surface area contributed by atoms with Crippen molar-refractivity contribution in [1.82, 2.24) is 19.4 Å². The Hall–Kier alpha value is -3.50. The highest BCUT2D eigenvalue weighted by atomic mass is 35.5. The average Bonchev–Trinajstić information content (AvgIpc) is 3.21. The van der Waals surface area contributed by atoms with Crippen molar-refractivity contribution in [3.63, 3.8) is 0 Å². The summed E-state index contributed by atoms with van der Waals surface area (Å²) < 4.78 is 1.85. The Morgan fingerprint density at radius 2 is 1.48 bits per heavy atom. The van der Waals surface area contributed by atoms with Crippen molar-refractivity contribution in [2.24, 2.45) is 0 Å². The fourth-order valence-corrected chi connectivity index (χ4v) is 3.74. The maximum absolute atomic E-state index is 6.60. The van der Waals surface area contributed by atoms with Gasteiger partial charge in [0.25, 0.3) is 0 Å². The van der Waals surface area contributed by atoms with E-state index in [0.29, 0.717) is 5.28 Å². The van der Waals surface area contributed by atoms with Gasteiger partial charge in [0.1, 0.15) is 5.65 Å². The van der Waals surface area contributed by atoms with Crippen molar-refractivity contribution in [3.8, 4) is 33.6 Å². The predicted octanol–water partition coefficient (Wildman–Crippen LogP) is 6.09. The minimum atomic E-state index is 0.378. The molecule has 0 atom stereocenters. The van der Waals surface area contributed by atoms with Crippen LogP contribution in [0.15, 0.2) is 85.2 Å². The third kappa shape index (κ3) is 3.18. The van der Waals surface area contributed by atoms with E-state index >= 15 is 0 Å². The van der Waals surface area contributed by atoms with Crippen molar-refractivity contribution in [3.05, 3.63) is 96.2 Å². The van der Waals surface area contributed by atoms with Crippen LogP contribution in [0.1, 0.15) is 5.69 Å². The number of aromatic nitrogens is 4. The van der Waals surface area contributed by atoms with Crippen molar-refractivity contribution in [2.45, 2.75) is 6.92 Å². The molecule has 4 nitrogen and oxygen atoms in total. The van der Waals surface area contributed by atoms with Gasteiger partial charge in [-0.1, -0.05) is 60.7 Å². The predicted molar refractivity (Wildman–Crippen MR) is 117 cm³/mol. The molecule has 0 N–H and O–H groups in total. The van der Waals surface area contributed by atoms with Crippen LogP contribution in [-0.2, 0) is 0 Å². The van der Waals surface area contributed by atoms with Crippen LogP contribution in [0.5, 0.6) is 0 Å². The fraction of sp³-hybridized carbons (Fsp3) is 0.0417. The van der Waals surface area contributed by atoms with E-state index in [9.17, 15) is 0 Å². The van der Waals surface area contributed by atoms with Gasteiger partial charge in [0.2, 0.25) is 5.28 Å². The number of fused-ring (bicyclic) bond motifs is 1. The number of halogens is 1. The first-order chi connectivity index (χ1) is 14.2. The number of nitrogens with zero attached hydrogens (tertiary/aromatic N) is 4. The lowest BCUT2D eigenvalue weighted by Gasteiger charge is -2.12. The Labute approximate surface area is 173 Å². The van der Waals surface area contributed by atoms with Crippen LogP contribution in [0.4, 0.5) is 0 Å². The number of aryl methyl sites for hydroxylation is 1. The molecule has 140 valence electrons. The van der Waals surface area contributed by atoms with Gasteiger partial charge in [-0.2, -0.15) is 0 Å². The summed E-state index contributed by atoms with van der Waals surface area (Å²) in [6.45, 7) is 1.98. The molecular formula is C24H17ClN4. The van der Waals surface area contributed by atoms with Gasteiger partial charge in [-0.15, -0.1) is 0 Å². The zero-order valence-corrected chi connectivity index (χ0v) is 16.5. The maximum atomic E-state index is 6.60. The van der Waals surface area contributed by atoms with E-state index in [1.807, 2.05) is 96.5 Å². The quantitative estimate of drug-likeness (QED) is 0.347. The largest absolute Gasteiger partial charge is 0.273 e. The maximum Gasteiger partial charge on any atom is 0.209 e. The number of hydrogen-bond acceptors (Lipinski definition) is 3. The summed E-state index contributed by atoms with van der Waals surface area (Å²) in [7, 11) is 0. The summed E-state index contributed by atoms with van der Waals surface area (Å²) in [6, 6.07) is 24.2. The van der Waals surface area contributed by atoms with Crippen molar-refractivity contribution in [1.29, 1.82) is 0 Å². The summed E-state index contributed by atoms with van der Waals surface area (Å²) >= 11 is 6.60. The van der Waals surface area contributed by atoms with Crippen LogP contribution in [0.2, 0.25) is 5.28 Å². The van der Waals surface area contributed by atoms with Crippen LogP contribution in [0, 0.1) is 6.92 Å². The number of pyridine rings is 1. The van der Waals surface area contributed by atoms with E-state index in [4.69, 9.17) is 21.6 Å². The molecule has 0 spiro atoms. The lowest BCUT2D eigenvalue weighted by Crippen LogP contribution is -1.99. The summed E-state index contributed by atoms with van der Waals surface area (Å²) in [5, 5.41) is 0.378. The van der Waals surface area contributed by atoms with Crippen LogP contribution in [0.3, 0.4) is 0 Å². The second-order valence-corrected chi connectivity index (χ2v) is 7.18. The summed E-state index contributed by atoms with van der Waals surface area (Å²) in [4.78, 5) is 14.1. The van der Waals surface area contributed by atoms with Crippen LogP contribution < -0.4 is 0 Å². The van der Waals surface area contributed by atoms with Gasteiger partial charge in [0.15, 0.2) is 0 Å². The zero-order chi connectivity index (χ0) is 19.8. The van der Waals surface area contributed by atoms with Gasteiger partial charge in [0, 0.05) is 29.2 Å². The van der Waals surface area contributed by atoms with Crippen molar-refractivity contribution >= 4 is 17.2 Å². The van der Waals surface area contributed by atoms with Crippen LogP contribution >= 0.6 is 11.6 Å². The van der Waals surface area contributed by atoms with Gasteiger partial charge in [-0.3, -0.25) is 9.38 Å². The molecule has 0 aliphatic carbocycles. The van der Waals surface area contributed by atoms with Gasteiger partial charge in [-0.05, 0) is 36.2 Å². The third-order valence-electron chi connectivity index (χ3n) is 4.87. The Morgan fingerprint density at radius 3 is 2.17 bits per heavy atom. The molecule has 0 saturated heterocycles. The standard InChI is InChI=1S/C24H17ClN4/c1-16-14-19(12-13-26-16)21-22(18-10-6-3-7-11-18)28-24(25)29-15-20(27-23(21)29)17-8-4-2-5-9-17/h2-15H,1H3. The Bertz CT molecular complexity index is 1310. The van der Waals surface area contributed by atoms with Crippen molar-refractivity contribution < 1.29 is 0 Å². The Morgan fingerprint density at radius 1 is 0.793 bits per heavy atom. The molecule has 0 fully saturated rings. The molecule has 5 heteroatoms.